The van der Waals surface area contributed by atoms with Gasteiger partial charge in [0.05, 0.1) is 18.4 Å². The molecule has 0 fully saturated rings. The van der Waals surface area contributed by atoms with Crippen LogP contribution in [-0.2, 0) is 4.79 Å². The Labute approximate surface area is 75.6 Å². The minimum atomic E-state index is -0.524. The number of nitrogens with one attached hydrogen (secondary N) is 1. The first-order valence-corrected chi connectivity index (χ1v) is 3.94. The first-order valence-electron chi connectivity index (χ1n) is 3.94. The second kappa shape index (κ2) is 4.46. The summed E-state index contributed by atoms with van der Waals surface area (Å²) in [6, 6.07) is -0.524. The molecule has 3 N–H and O–H groups in total. The van der Waals surface area contributed by atoms with Gasteiger partial charge in [0.2, 0.25) is 11.9 Å². The number of rotatable bonds is 3. The predicted octanol–water partition coefficient (Wildman–Crippen LogP) is -0.453. The summed E-state index contributed by atoms with van der Waals surface area (Å²) in [5, 5.41) is 9.59. The normalized spacial score (nSPS) is 12.2. The Morgan fingerprint density at radius 1 is 1.69 bits per heavy atom. The Balaban J connectivity index is 2.55. The van der Waals surface area contributed by atoms with Gasteiger partial charge in [-0.2, -0.15) is 5.10 Å². The van der Waals surface area contributed by atoms with Gasteiger partial charge in [0.15, 0.2) is 0 Å². The largest absolute Gasteiger partial charge is 0.320 e. The van der Waals surface area contributed by atoms with Crippen molar-refractivity contribution in [3.63, 3.8) is 0 Å². The van der Waals surface area contributed by atoms with Crippen molar-refractivity contribution in [2.45, 2.75) is 19.4 Å². The van der Waals surface area contributed by atoms with E-state index in [1.54, 1.807) is 0 Å². The van der Waals surface area contributed by atoms with Crippen molar-refractivity contribution >= 4 is 11.9 Å². The van der Waals surface area contributed by atoms with E-state index in [2.05, 4.69) is 20.5 Å². The van der Waals surface area contributed by atoms with Crippen LogP contribution in [0.1, 0.15) is 13.3 Å². The van der Waals surface area contributed by atoms with Gasteiger partial charge >= 0.3 is 0 Å². The van der Waals surface area contributed by atoms with Crippen LogP contribution in [0.15, 0.2) is 12.4 Å². The van der Waals surface area contributed by atoms with Gasteiger partial charge in [-0.1, -0.05) is 6.92 Å². The molecule has 0 saturated carbocycles. The number of carbonyl (C=O) groups is 1. The third-order valence-electron chi connectivity index (χ3n) is 1.49. The molecule has 1 unspecified atom stereocenters. The molecule has 0 aliphatic rings. The number of nitrogens with zero attached hydrogens (tertiary/aromatic N) is 3. The first-order chi connectivity index (χ1) is 6.24. The van der Waals surface area contributed by atoms with E-state index >= 15 is 0 Å². The number of carbonyl (C=O) groups excluding carboxylic acids is 1. The van der Waals surface area contributed by atoms with Gasteiger partial charge in [0.1, 0.15) is 0 Å². The monoisotopic (exact) mass is 181 g/mol. The molecule has 13 heavy (non-hydrogen) atoms. The molecule has 1 amide bonds. The molecule has 6 nitrogen and oxygen atoms in total. The van der Waals surface area contributed by atoms with Gasteiger partial charge in [-0.05, 0) is 6.42 Å². The number of amides is 1. The van der Waals surface area contributed by atoms with Crippen LogP contribution >= 0.6 is 0 Å². The lowest BCUT2D eigenvalue weighted by molar-refractivity contribution is -0.117. The summed E-state index contributed by atoms with van der Waals surface area (Å²) >= 11 is 0. The van der Waals surface area contributed by atoms with Crippen molar-refractivity contribution in [2.75, 3.05) is 5.32 Å². The van der Waals surface area contributed by atoms with Crippen LogP contribution in [0.4, 0.5) is 5.95 Å². The molecular formula is C7H11N5O. The highest BCUT2D eigenvalue weighted by Gasteiger charge is 2.11. The van der Waals surface area contributed by atoms with Crippen molar-refractivity contribution in [1.82, 2.24) is 15.2 Å². The fraction of sp³-hybridized carbons (Fsp3) is 0.429. The fourth-order valence-electron chi connectivity index (χ4n) is 0.693. The van der Waals surface area contributed by atoms with E-state index in [1.807, 2.05) is 6.92 Å². The lowest BCUT2D eigenvalue weighted by atomic mass is 10.2. The minimum Gasteiger partial charge on any atom is -0.320 e. The smallest absolute Gasteiger partial charge is 0.249 e. The van der Waals surface area contributed by atoms with E-state index < -0.39 is 6.04 Å². The van der Waals surface area contributed by atoms with Crippen LogP contribution in [0.3, 0.4) is 0 Å². The maximum atomic E-state index is 11.2. The molecule has 70 valence electrons. The average Bonchev–Trinajstić information content (AvgIpc) is 2.18. The molecule has 1 atom stereocenters. The SMILES string of the molecule is CCC(N)C(=O)Nc1nccnn1. The summed E-state index contributed by atoms with van der Waals surface area (Å²) in [5.41, 5.74) is 5.48. The van der Waals surface area contributed by atoms with Gasteiger partial charge in [-0.25, -0.2) is 4.98 Å². The summed E-state index contributed by atoms with van der Waals surface area (Å²) in [6.45, 7) is 1.83. The van der Waals surface area contributed by atoms with Crippen molar-refractivity contribution in [3.05, 3.63) is 12.4 Å². The maximum absolute atomic E-state index is 11.2. The Hall–Kier alpha value is -1.56. The molecule has 0 aliphatic heterocycles. The standard InChI is InChI=1S/C7H11N5O/c1-2-5(8)6(13)11-7-9-3-4-10-12-7/h3-5H,2,8H2,1H3,(H,9,11,12,13). The Morgan fingerprint density at radius 2 is 2.46 bits per heavy atom. The van der Waals surface area contributed by atoms with Gasteiger partial charge in [-0.3, -0.25) is 10.1 Å². The summed E-state index contributed by atoms with van der Waals surface area (Å²) in [4.78, 5) is 15.0. The van der Waals surface area contributed by atoms with E-state index in [0.29, 0.717) is 6.42 Å². The zero-order valence-corrected chi connectivity index (χ0v) is 7.27. The van der Waals surface area contributed by atoms with Crippen LogP contribution in [-0.4, -0.2) is 27.1 Å². The minimum absolute atomic E-state index is 0.177. The number of aromatic nitrogens is 3. The second-order valence-electron chi connectivity index (χ2n) is 2.47. The second-order valence-corrected chi connectivity index (χ2v) is 2.47. The Morgan fingerprint density at radius 3 is 3.00 bits per heavy atom. The molecule has 1 aromatic heterocycles. The Bertz CT molecular complexity index is 275. The van der Waals surface area contributed by atoms with Crippen LogP contribution in [0.2, 0.25) is 0 Å². The van der Waals surface area contributed by atoms with Gasteiger partial charge in [-0.15, -0.1) is 5.10 Å². The third kappa shape index (κ3) is 2.75. The van der Waals surface area contributed by atoms with Crippen LogP contribution in [0.25, 0.3) is 0 Å². The molecule has 0 radical (unpaired) electrons. The van der Waals surface area contributed by atoms with Crippen LogP contribution < -0.4 is 11.1 Å². The fourth-order valence-corrected chi connectivity index (χ4v) is 0.693. The molecule has 0 aromatic carbocycles. The number of hydrogen-bond acceptors (Lipinski definition) is 5. The molecule has 1 heterocycles. The van der Waals surface area contributed by atoms with Crippen LogP contribution in [0, 0.1) is 0 Å². The number of anilines is 1. The summed E-state index contributed by atoms with van der Waals surface area (Å²) in [6.07, 6.45) is 3.45. The van der Waals surface area contributed by atoms with Gasteiger partial charge in [0.25, 0.3) is 0 Å². The predicted molar refractivity (Wildman–Crippen MR) is 46.7 cm³/mol. The molecule has 6 heteroatoms. The van der Waals surface area contributed by atoms with Crippen molar-refractivity contribution in [3.8, 4) is 0 Å². The van der Waals surface area contributed by atoms with Crippen molar-refractivity contribution in [2.24, 2.45) is 5.73 Å². The molecule has 0 bridgehead atoms. The zero-order chi connectivity index (χ0) is 9.68. The quantitative estimate of drug-likeness (QED) is 0.658. The van der Waals surface area contributed by atoms with Gasteiger partial charge in [0, 0.05) is 0 Å². The Kier molecular flexibility index (Phi) is 3.27. The van der Waals surface area contributed by atoms with Crippen LogP contribution in [0.5, 0.6) is 0 Å². The highest BCUT2D eigenvalue weighted by molar-refractivity contribution is 5.92. The molecule has 1 rings (SSSR count). The van der Waals surface area contributed by atoms with E-state index in [-0.39, 0.29) is 11.9 Å². The third-order valence-corrected chi connectivity index (χ3v) is 1.49. The number of nitrogens with two attached hydrogens (primary N) is 1. The molecule has 0 saturated heterocycles. The summed E-state index contributed by atoms with van der Waals surface area (Å²) < 4.78 is 0. The van der Waals surface area contributed by atoms with Gasteiger partial charge < -0.3 is 5.73 Å². The highest BCUT2D eigenvalue weighted by atomic mass is 16.2. The number of hydrogen-bond donors (Lipinski definition) is 2. The lowest BCUT2D eigenvalue weighted by Gasteiger charge is -2.07. The highest BCUT2D eigenvalue weighted by Crippen LogP contribution is 1.94. The summed E-state index contributed by atoms with van der Waals surface area (Å²) in [7, 11) is 0. The molecule has 0 aliphatic carbocycles. The lowest BCUT2D eigenvalue weighted by Crippen LogP contribution is -2.35. The molecular weight excluding hydrogens is 170 g/mol. The molecule has 1 aromatic rings. The van der Waals surface area contributed by atoms with E-state index in [4.69, 9.17) is 5.73 Å². The van der Waals surface area contributed by atoms with Crippen molar-refractivity contribution in [1.29, 1.82) is 0 Å². The van der Waals surface area contributed by atoms with E-state index in [1.165, 1.54) is 12.4 Å². The van der Waals surface area contributed by atoms with E-state index in [9.17, 15) is 4.79 Å². The molecule has 0 spiro atoms. The van der Waals surface area contributed by atoms with Crippen molar-refractivity contribution < 1.29 is 4.79 Å². The topological polar surface area (TPSA) is 93.8 Å². The maximum Gasteiger partial charge on any atom is 0.249 e. The van der Waals surface area contributed by atoms with E-state index in [0.717, 1.165) is 0 Å². The summed E-state index contributed by atoms with van der Waals surface area (Å²) in [5.74, 6) is -0.119. The first kappa shape index (κ1) is 9.53. The zero-order valence-electron chi connectivity index (χ0n) is 7.27. The average molecular weight is 181 g/mol.